The number of hydrogen-bond donors (Lipinski definition) is 2. The average molecular weight is 870 g/mol. The summed E-state index contributed by atoms with van der Waals surface area (Å²) in [6.45, 7) is 1.77. The lowest BCUT2D eigenvalue weighted by Gasteiger charge is -2.50. The van der Waals surface area contributed by atoms with Crippen LogP contribution in [0.15, 0.2) is 131 Å². The van der Waals surface area contributed by atoms with Gasteiger partial charge in [0.05, 0.1) is 58.1 Å². The molecule has 3 fully saturated rings. The minimum Gasteiger partial charge on any atom is -0.507 e. The van der Waals surface area contributed by atoms with E-state index in [0.29, 0.717) is 50.1 Å². The van der Waals surface area contributed by atoms with Crippen LogP contribution < -0.4 is 20.0 Å². The van der Waals surface area contributed by atoms with Gasteiger partial charge in [-0.3, -0.25) is 29.5 Å². The van der Waals surface area contributed by atoms with Crippen LogP contribution in [0.1, 0.15) is 35.4 Å². The first-order valence-corrected chi connectivity index (χ1v) is 21.0. The van der Waals surface area contributed by atoms with Gasteiger partial charge in [0.2, 0.25) is 11.8 Å². The standard InChI is InChI=1S/C48H42Cl2N6O6/c1-26-6-5-7-36(43(26)57)42-34-21-22-35-41(46(60)55(44(35)58)32-17-13-30(14-18-32)52-51-29-11-15-31(16-12-29)54(2)3)37(34)25-38-45(59)56(53-40-23-10-28(49)24-39(40)50)47(61)48(38,42)27-8-19-33(62-4)20-9-27/h5-21,23-24,35,37-38,41-42,53,57H,22,25H2,1-4H3/t35-,37+,38-,41-,42+,48+/m0/s1. The number of carbonyl (C=O) groups excluding carboxylic acids is 4. The van der Waals surface area contributed by atoms with Crippen molar-refractivity contribution in [2.45, 2.75) is 31.1 Å². The fourth-order valence-corrected chi connectivity index (χ4v) is 10.4. The van der Waals surface area contributed by atoms with Crippen molar-refractivity contribution in [3.05, 3.63) is 148 Å². The molecular weight excluding hydrogens is 827 g/mol. The van der Waals surface area contributed by atoms with Gasteiger partial charge in [-0.25, -0.2) is 0 Å². The molecule has 2 N–H and O–H groups in total. The predicted octanol–water partition coefficient (Wildman–Crippen LogP) is 9.69. The second kappa shape index (κ2) is 15.8. The summed E-state index contributed by atoms with van der Waals surface area (Å²) < 4.78 is 5.49. The van der Waals surface area contributed by atoms with Crippen LogP contribution in [0.4, 0.5) is 28.4 Å². The van der Waals surface area contributed by atoms with Crippen LogP contribution >= 0.6 is 23.2 Å². The molecule has 14 heteroatoms. The molecular formula is C48H42Cl2N6O6. The SMILES string of the molecule is COc1ccc([C@@]23C(=O)N(Nc4ccc(Cl)cc4Cl)C(=O)[C@@H]2C[C@@H]2C(=CC[C@@H]4C(=O)N(c5ccc(N=Nc6ccc(N(C)C)cc6)cc5)C(=O)[C@@H]42)[C@@H]3c2cccc(C)c2O)cc1. The van der Waals surface area contributed by atoms with E-state index in [2.05, 4.69) is 15.7 Å². The highest BCUT2D eigenvalue weighted by Crippen LogP contribution is 2.65. The number of allylic oxidation sites excluding steroid dienone is 2. The number of halogens is 2. The second-order valence-corrected chi connectivity index (χ2v) is 17.2. The molecule has 62 heavy (non-hydrogen) atoms. The number of amides is 4. The summed E-state index contributed by atoms with van der Waals surface area (Å²) >= 11 is 12.8. The van der Waals surface area contributed by atoms with Crippen LogP contribution in [-0.2, 0) is 24.6 Å². The third kappa shape index (κ3) is 6.51. The Bertz CT molecular complexity index is 2700. The number of hydrazine groups is 1. The Kier molecular flexibility index (Phi) is 10.4. The number of nitrogens with zero attached hydrogens (tertiary/aromatic N) is 5. The van der Waals surface area contributed by atoms with E-state index < -0.39 is 52.7 Å². The van der Waals surface area contributed by atoms with Gasteiger partial charge in [-0.1, -0.05) is 65.2 Å². The Morgan fingerprint density at radius 2 is 1.50 bits per heavy atom. The molecule has 5 aromatic carbocycles. The topological polar surface area (TPSA) is 144 Å². The molecule has 0 bridgehead atoms. The van der Waals surface area contributed by atoms with E-state index in [0.717, 1.165) is 10.7 Å². The van der Waals surface area contributed by atoms with Gasteiger partial charge in [0, 0.05) is 36.3 Å². The first-order valence-electron chi connectivity index (χ1n) is 20.2. The number of hydrogen-bond acceptors (Lipinski definition) is 10. The molecule has 1 saturated carbocycles. The van der Waals surface area contributed by atoms with Crippen molar-refractivity contribution in [3.8, 4) is 11.5 Å². The highest BCUT2D eigenvalue weighted by atomic mass is 35.5. The van der Waals surface area contributed by atoms with E-state index in [1.165, 1.54) is 11.0 Å². The number of aryl methyl sites for hydroxylation is 1. The number of anilines is 3. The first-order chi connectivity index (χ1) is 29.8. The first kappa shape index (κ1) is 40.9. The molecule has 0 radical (unpaired) electrons. The number of benzene rings is 5. The maximum atomic E-state index is 15.5. The smallest absolute Gasteiger partial charge is 0.260 e. The molecule has 0 unspecified atom stereocenters. The number of rotatable bonds is 9. The van der Waals surface area contributed by atoms with Crippen molar-refractivity contribution >= 4 is 75.3 Å². The lowest BCUT2D eigenvalue weighted by Crippen LogP contribution is -2.53. The maximum absolute atomic E-state index is 15.5. The minimum absolute atomic E-state index is 0.0292. The summed E-state index contributed by atoms with van der Waals surface area (Å²) in [5.74, 6) is -5.49. The van der Waals surface area contributed by atoms with Crippen LogP contribution in [0.25, 0.3) is 0 Å². The van der Waals surface area contributed by atoms with Gasteiger partial charge in [-0.05, 0) is 116 Å². The van der Waals surface area contributed by atoms with Crippen LogP contribution in [0.5, 0.6) is 11.5 Å². The van der Waals surface area contributed by atoms with E-state index >= 15 is 9.59 Å². The molecule has 4 aliphatic rings. The van der Waals surface area contributed by atoms with E-state index in [4.69, 9.17) is 27.9 Å². The molecule has 2 aliphatic carbocycles. The number of azo groups is 1. The van der Waals surface area contributed by atoms with Crippen LogP contribution in [0, 0.1) is 30.6 Å². The Morgan fingerprint density at radius 3 is 2.15 bits per heavy atom. The summed E-state index contributed by atoms with van der Waals surface area (Å²) in [4.78, 5) is 63.0. The van der Waals surface area contributed by atoms with E-state index in [1.54, 1.807) is 92.9 Å². The minimum atomic E-state index is -1.61. The highest BCUT2D eigenvalue weighted by molar-refractivity contribution is 6.36. The number of aromatic hydroxyl groups is 1. The van der Waals surface area contributed by atoms with Gasteiger partial charge in [0.15, 0.2) is 0 Å². The number of phenolic OH excluding ortho intramolecular Hbond substituents is 1. The molecule has 12 nitrogen and oxygen atoms in total. The molecule has 0 aromatic heterocycles. The fraction of sp³-hybridized carbons (Fsp3) is 0.250. The average Bonchev–Trinajstić information content (AvgIpc) is 3.65. The highest BCUT2D eigenvalue weighted by Gasteiger charge is 2.70. The normalized spacial score (nSPS) is 24.2. The molecule has 6 atom stereocenters. The molecule has 2 heterocycles. The van der Waals surface area contributed by atoms with Crippen molar-refractivity contribution in [2.24, 2.45) is 33.9 Å². The van der Waals surface area contributed by atoms with Gasteiger partial charge in [-0.15, -0.1) is 0 Å². The zero-order chi connectivity index (χ0) is 43.6. The summed E-state index contributed by atoms with van der Waals surface area (Å²) in [6, 6.07) is 31.5. The number of nitrogens with one attached hydrogen (secondary N) is 1. The predicted molar refractivity (Wildman–Crippen MR) is 237 cm³/mol. The summed E-state index contributed by atoms with van der Waals surface area (Å²) in [6.07, 6.45) is 2.24. The lowest BCUT2D eigenvalue weighted by atomic mass is 9.49. The van der Waals surface area contributed by atoms with Crippen molar-refractivity contribution in [3.63, 3.8) is 0 Å². The molecule has 5 aromatic rings. The van der Waals surface area contributed by atoms with Crippen molar-refractivity contribution < 1.29 is 29.0 Å². The Hall–Kier alpha value is -6.50. The van der Waals surface area contributed by atoms with E-state index in [1.807, 2.05) is 49.3 Å². The van der Waals surface area contributed by atoms with Crippen molar-refractivity contribution in [1.82, 2.24) is 5.01 Å². The van der Waals surface area contributed by atoms with Crippen molar-refractivity contribution in [2.75, 3.05) is 36.4 Å². The number of fused-ring (bicyclic) bond motifs is 4. The Labute approximate surface area is 368 Å². The van der Waals surface area contributed by atoms with Gasteiger partial charge in [0.25, 0.3) is 11.8 Å². The maximum Gasteiger partial charge on any atom is 0.260 e. The van der Waals surface area contributed by atoms with Crippen molar-refractivity contribution in [1.29, 1.82) is 0 Å². The number of phenols is 1. The van der Waals surface area contributed by atoms with Gasteiger partial charge >= 0.3 is 0 Å². The zero-order valence-electron chi connectivity index (χ0n) is 34.3. The molecule has 0 spiro atoms. The summed E-state index contributed by atoms with van der Waals surface area (Å²) in [5.41, 5.74) is 6.55. The number of methoxy groups -OCH3 is 1. The quantitative estimate of drug-likeness (QED) is 0.0847. The van der Waals surface area contributed by atoms with Gasteiger partial charge in [-0.2, -0.15) is 15.2 Å². The number of ether oxygens (including phenoxy) is 1. The Balaban J connectivity index is 1.12. The number of para-hydroxylation sites is 1. The summed E-state index contributed by atoms with van der Waals surface area (Å²) in [5, 5.41) is 22.2. The molecule has 314 valence electrons. The third-order valence-corrected chi connectivity index (χ3v) is 13.5. The monoisotopic (exact) mass is 868 g/mol. The molecule has 4 amide bonds. The van der Waals surface area contributed by atoms with Crippen LogP contribution in [-0.4, -0.2) is 54.9 Å². The van der Waals surface area contributed by atoms with Gasteiger partial charge in [0.1, 0.15) is 11.5 Å². The zero-order valence-corrected chi connectivity index (χ0v) is 35.8. The Morgan fingerprint density at radius 1 is 0.823 bits per heavy atom. The van der Waals surface area contributed by atoms with E-state index in [9.17, 15) is 14.7 Å². The third-order valence-electron chi connectivity index (χ3n) is 12.9. The molecule has 9 rings (SSSR count). The fourth-order valence-electron chi connectivity index (χ4n) is 9.96. The van der Waals surface area contributed by atoms with Crippen LogP contribution in [0.2, 0.25) is 10.0 Å². The molecule has 2 aliphatic heterocycles. The summed E-state index contributed by atoms with van der Waals surface area (Å²) in [7, 11) is 5.46. The van der Waals surface area contributed by atoms with E-state index in [-0.39, 0.29) is 35.2 Å². The number of carbonyl (C=O) groups is 4. The molecule has 2 saturated heterocycles. The van der Waals surface area contributed by atoms with Crippen LogP contribution in [0.3, 0.4) is 0 Å². The number of imide groups is 2. The lowest BCUT2D eigenvalue weighted by molar-refractivity contribution is -0.138. The second-order valence-electron chi connectivity index (χ2n) is 16.4. The van der Waals surface area contributed by atoms with Gasteiger partial charge < -0.3 is 14.7 Å². The largest absolute Gasteiger partial charge is 0.507 e.